The molecule has 2 aliphatic carbocycles. The Hall–Kier alpha value is -2.22. The molecule has 0 saturated carbocycles. The first-order chi connectivity index (χ1) is 14.6. The maximum absolute atomic E-state index is 13.1. The van der Waals surface area contributed by atoms with Crippen LogP contribution in [-0.2, 0) is 41.1 Å². The summed E-state index contributed by atoms with van der Waals surface area (Å²) in [5, 5.41) is 8.97. The van der Waals surface area contributed by atoms with Gasteiger partial charge in [0.1, 0.15) is 9.92 Å². The van der Waals surface area contributed by atoms with Crippen LogP contribution in [0.15, 0.2) is 39.6 Å². The highest BCUT2D eigenvalue weighted by Gasteiger charge is 2.26. The number of rotatable bonds is 4. The second kappa shape index (κ2) is 8.04. The van der Waals surface area contributed by atoms with E-state index in [9.17, 15) is 9.00 Å². The van der Waals surface area contributed by atoms with Crippen LogP contribution in [0, 0.1) is 0 Å². The molecule has 166 valence electrons. The molecule has 0 radical (unpaired) electrons. The van der Waals surface area contributed by atoms with Gasteiger partial charge in [0.2, 0.25) is 0 Å². The summed E-state index contributed by atoms with van der Waals surface area (Å²) in [4.78, 5) is 15.2. The molecule has 2 aromatic rings. The van der Waals surface area contributed by atoms with Gasteiger partial charge < -0.3 is 10.2 Å². The molecule has 2 aliphatic rings. The van der Waals surface area contributed by atoms with Gasteiger partial charge in [-0.05, 0) is 106 Å². The number of hydrogen-bond donors (Lipinski definition) is 2. The van der Waals surface area contributed by atoms with Crippen LogP contribution in [0.4, 0.5) is 10.5 Å². The number of nitrogens with zero attached hydrogens (tertiary/aromatic N) is 2. The van der Waals surface area contributed by atoms with Crippen LogP contribution in [0.5, 0.6) is 0 Å². The number of urea groups is 1. The Balaban J connectivity index is 1.61. The Morgan fingerprint density at radius 3 is 2.10 bits per heavy atom. The monoisotopic (exact) mass is 440 g/mol. The maximum atomic E-state index is 13.1. The van der Waals surface area contributed by atoms with E-state index in [2.05, 4.69) is 34.5 Å². The molecule has 3 N–H and O–H groups in total. The molecule has 4 rings (SSSR count). The Morgan fingerprint density at radius 2 is 1.58 bits per heavy atom. The van der Waals surface area contributed by atoms with E-state index in [0.29, 0.717) is 4.90 Å². The predicted molar refractivity (Wildman–Crippen MR) is 126 cm³/mol. The highest BCUT2D eigenvalue weighted by Crippen LogP contribution is 2.38. The van der Waals surface area contributed by atoms with Gasteiger partial charge in [0.05, 0.1) is 4.90 Å². The standard InChI is InChI=1S/C24H32N4O2S/c1-24(2,28(3)4)18-11-13-19(14-12-18)31(25,30)27-23(29)26-22-20-9-5-7-16(20)15-17-8-6-10-21(17)22/h11-15H,5-10H2,1-4H3,(H3,25,26,27,29,30)/t31-/m0/s1. The van der Waals surface area contributed by atoms with Crippen molar-refractivity contribution in [3.05, 3.63) is 58.1 Å². The third-order valence-electron chi connectivity index (χ3n) is 6.94. The number of nitrogens with two attached hydrogens (primary N) is 1. The minimum atomic E-state index is -3.34. The Morgan fingerprint density at radius 1 is 1.03 bits per heavy atom. The van der Waals surface area contributed by atoms with E-state index < -0.39 is 15.9 Å². The van der Waals surface area contributed by atoms with Crippen molar-refractivity contribution in [2.45, 2.75) is 62.8 Å². The number of carbonyl (C=O) groups excluding carboxylic acids is 1. The fraction of sp³-hybridized carbons (Fsp3) is 0.458. The van der Waals surface area contributed by atoms with Crippen molar-refractivity contribution in [3.63, 3.8) is 0 Å². The Bertz CT molecular complexity index is 1110. The number of benzene rings is 2. The van der Waals surface area contributed by atoms with Gasteiger partial charge in [-0.15, -0.1) is 4.36 Å². The summed E-state index contributed by atoms with van der Waals surface area (Å²) in [7, 11) is 0.680. The first-order valence-electron chi connectivity index (χ1n) is 10.9. The minimum Gasteiger partial charge on any atom is -0.305 e. The summed E-state index contributed by atoms with van der Waals surface area (Å²) in [5.41, 5.74) is 6.83. The van der Waals surface area contributed by atoms with E-state index in [1.807, 2.05) is 26.2 Å². The summed E-state index contributed by atoms with van der Waals surface area (Å²) >= 11 is 0. The van der Waals surface area contributed by atoms with E-state index in [1.54, 1.807) is 12.1 Å². The lowest BCUT2D eigenvalue weighted by molar-refractivity contribution is 0.197. The van der Waals surface area contributed by atoms with Gasteiger partial charge >= 0.3 is 6.03 Å². The molecule has 7 heteroatoms. The van der Waals surface area contributed by atoms with Crippen molar-refractivity contribution >= 4 is 21.6 Å². The molecule has 0 aliphatic heterocycles. The fourth-order valence-electron chi connectivity index (χ4n) is 4.59. The van der Waals surface area contributed by atoms with E-state index in [-0.39, 0.29) is 5.54 Å². The zero-order valence-corrected chi connectivity index (χ0v) is 19.6. The molecular formula is C24H32N4O2S. The Labute approximate surface area is 185 Å². The molecule has 6 nitrogen and oxygen atoms in total. The van der Waals surface area contributed by atoms with Crippen molar-refractivity contribution in [1.29, 1.82) is 0 Å². The highest BCUT2D eigenvalue weighted by molar-refractivity contribution is 7.91. The van der Waals surface area contributed by atoms with Gasteiger partial charge in [0, 0.05) is 11.2 Å². The average Bonchev–Trinajstić information content (AvgIpc) is 3.36. The number of carbonyl (C=O) groups is 1. The van der Waals surface area contributed by atoms with Crippen molar-refractivity contribution in [2.24, 2.45) is 9.50 Å². The topological polar surface area (TPSA) is 87.8 Å². The quantitative estimate of drug-likeness (QED) is 0.739. The van der Waals surface area contributed by atoms with E-state index >= 15 is 0 Å². The van der Waals surface area contributed by atoms with Gasteiger partial charge in [-0.1, -0.05) is 18.2 Å². The molecule has 0 fully saturated rings. The highest BCUT2D eigenvalue weighted by atomic mass is 32.2. The van der Waals surface area contributed by atoms with Crippen molar-refractivity contribution in [2.75, 3.05) is 19.4 Å². The lowest BCUT2D eigenvalue weighted by Crippen LogP contribution is -2.35. The molecule has 0 spiro atoms. The molecule has 2 amide bonds. The molecule has 0 unspecified atom stereocenters. The van der Waals surface area contributed by atoms with Crippen LogP contribution < -0.4 is 10.5 Å². The molecular weight excluding hydrogens is 408 g/mol. The van der Waals surface area contributed by atoms with Crippen LogP contribution in [-0.4, -0.2) is 29.2 Å². The summed E-state index contributed by atoms with van der Waals surface area (Å²) < 4.78 is 17.0. The van der Waals surface area contributed by atoms with Crippen LogP contribution in [0.25, 0.3) is 0 Å². The summed E-state index contributed by atoms with van der Waals surface area (Å²) in [6.45, 7) is 4.21. The van der Waals surface area contributed by atoms with Gasteiger partial charge in [0.25, 0.3) is 0 Å². The van der Waals surface area contributed by atoms with E-state index in [1.165, 1.54) is 22.3 Å². The summed E-state index contributed by atoms with van der Waals surface area (Å²) in [6.07, 6.45) is 6.21. The lowest BCUT2D eigenvalue weighted by atomic mass is 9.93. The lowest BCUT2D eigenvalue weighted by Gasteiger charge is -2.33. The smallest absolute Gasteiger partial charge is 0.305 e. The first-order valence-corrected chi connectivity index (χ1v) is 12.5. The predicted octanol–water partition coefficient (Wildman–Crippen LogP) is 4.39. The summed E-state index contributed by atoms with van der Waals surface area (Å²) in [6, 6.07) is 8.87. The number of anilines is 1. The molecule has 31 heavy (non-hydrogen) atoms. The third-order valence-corrected chi connectivity index (χ3v) is 8.32. The van der Waals surface area contributed by atoms with Crippen LogP contribution in [0.1, 0.15) is 54.5 Å². The van der Waals surface area contributed by atoms with E-state index in [4.69, 9.17) is 5.14 Å². The molecule has 2 aromatic carbocycles. The van der Waals surface area contributed by atoms with Gasteiger partial charge in [0.15, 0.2) is 0 Å². The van der Waals surface area contributed by atoms with Gasteiger partial charge in [-0.3, -0.25) is 0 Å². The number of nitrogens with one attached hydrogen (secondary N) is 1. The number of aryl methyl sites for hydroxylation is 2. The largest absolute Gasteiger partial charge is 0.354 e. The van der Waals surface area contributed by atoms with Crippen LogP contribution >= 0.6 is 0 Å². The molecule has 0 saturated heterocycles. The first kappa shape index (κ1) is 22.0. The zero-order chi connectivity index (χ0) is 22.4. The van der Waals surface area contributed by atoms with Crippen molar-refractivity contribution < 1.29 is 9.00 Å². The molecule has 0 bridgehead atoms. The Kier molecular flexibility index (Phi) is 5.70. The average molecular weight is 441 g/mol. The number of hydrogen-bond acceptors (Lipinski definition) is 3. The molecule has 0 aromatic heterocycles. The second-order valence-corrected chi connectivity index (χ2v) is 11.1. The minimum absolute atomic E-state index is 0.184. The summed E-state index contributed by atoms with van der Waals surface area (Å²) in [5.74, 6) is 0. The third kappa shape index (κ3) is 4.14. The van der Waals surface area contributed by atoms with Gasteiger partial charge in [-0.25, -0.2) is 14.1 Å². The fourth-order valence-corrected chi connectivity index (χ4v) is 5.51. The number of amides is 2. The van der Waals surface area contributed by atoms with Crippen molar-refractivity contribution in [3.8, 4) is 0 Å². The van der Waals surface area contributed by atoms with Crippen LogP contribution in [0.2, 0.25) is 0 Å². The number of fused-ring (bicyclic) bond motifs is 2. The SMILES string of the molecule is CN(C)C(C)(C)c1ccc([S@@](N)(=O)=NC(=O)Nc2c3c(cc4c2CCC4)CCC3)cc1. The molecule has 0 heterocycles. The van der Waals surface area contributed by atoms with Crippen LogP contribution in [0.3, 0.4) is 0 Å². The zero-order valence-electron chi connectivity index (χ0n) is 18.8. The van der Waals surface area contributed by atoms with E-state index in [0.717, 1.165) is 49.8 Å². The van der Waals surface area contributed by atoms with Crippen molar-refractivity contribution in [1.82, 2.24) is 4.90 Å². The molecule has 1 atom stereocenters. The van der Waals surface area contributed by atoms with Gasteiger partial charge in [-0.2, -0.15) is 0 Å². The maximum Gasteiger partial charge on any atom is 0.354 e. The normalized spacial score (nSPS) is 17.2. The second-order valence-electron chi connectivity index (χ2n) is 9.30.